The van der Waals surface area contributed by atoms with Crippen molar-refractivity contribution >= 4 is 29.5 Å². The monoisotopic (exact) mass is 278 g/mol. The molecule has 0 heterocycles. The predicted octanol–water partition coefficient (Wildman–Crippen LogP) is -0.0154. The third-order valence-electron chi connectivity index (χ3n) is 2.17. The quantitative estimate of drug-likeness (QED) is 0.348. The van der Waals surface area contributed by atoms with E-state index in [9.17, 15) is 14.4 Å². The smallest absolute Gasteiger partial charge is 0.303 e. The van der Waals surface area contributed by atoms with Gasteiger partial charge in [-0.15, -0.1) is 0 Å². The van der Waals surface area contributed by atoms with E-state index in [-0.39, 0.29) is 19.3 Å². The van der Waals surface area contributed by atoms with Crippen LogP contribution in [0.3, 0.4) is 0 Å². The molecule has 1 unspecified atom stereocenters. The van der Waals surface area contributed by atoms with Gasteiger partial charge in [0.05, 0.1) is 0 Å². The van der Waals surface area contributed by atoms with E-state index in [1.807, 2.05) is 6.26 Å². The maximum Gasteiger partial charge on any atom is 0.303 e. The number of thioether (sulfide) groups is 1. The summed E-state index contributed by atoms with van der Waals surface area (Å²) in [7, 11) is 0. The molecule has 0 aliphatic carbocycles. The Kier molecular flexibility index (Phi) is 9.03. The molecule has 8 heteroatoms. The summed E-state index contributed by atoms with van der Waals surface area (Å²) in [6.45, 7) is 0. The van der Waals surface area contributed by atoms with Crippen LogP contribution in [0.2, 0.25) is 0 Å². The summed E-state index contributed by atoms with van der Waals surface area (Å²) >= 11 is 1.52. The summed E-state index contributed by atoms with van der Waals surface area (Å²) in [5, 5.41) is 19.4. The highest BCUT2D eigenvalue weighted by Gasteiger charge is 2.19. The molecule has 4 N–H and O–H groups in total. The number of amides is 2. The minimum absolute atomic E-state index is 0.0424. The van der Waals surface area contributed by atoms with Crippen molar-refractivity contribution in [2.45, 2.75) is 31.7 Å². The highest BCUT2D eigenvalue weighted by Crippen LogP contribution is 2.02. The molecule has 18 heavy (non-hydrogen) atoms. The molecule has 0 bridgehead atoms. The average Bonchev–Trinajstić information content (AvgIpc) is 2.32. The second kappa shape index (κ2) is 9.72. The molecule has 7 nitrogen and oxygen atoms in total. The zero-order valence-corrected chi connectivity index (χ0v) is 11.0. The number of carboxylic acid groups (broad SMARTS) is 1. The van der Waals surface area contributed by atoms with Crippen molar-refractivity contribution < 1.29 is 24.7 Å². The van der Waals surface area contributed by atoms with Crippen molar-refractivity contribution in [3.05, 3.63) is 0 Å². The normalized spacial score (nSPS) is 11.7. The van der Waals surface area contributed by atoms with Crippen LogP contribution < -0.4 is 10.8 Å². The molecule has 0 spiro atoms. The molecule has 0 aromatic carbocycles. The summed E-state index contributed by atoms with van der Waals surface area (Å²) in [5.41, 5.74) is 1.50. The zero-order valence-electron chi connectivity index (χ0n) is 10.1. The van der Waals surface area contributed by atoms with Gasteiger partial charge >= 0.3 is 5.97 Å². The Labute approximate surface area is 109 Å². The lowest BCUT2D eigenvalue weighted by molar-refractivity contribution is -0.137. The molecule has 0 aliphatic heterocycles. The molecule has 0 aromatic heterocycles. The minimum Gasteiger partial charge on any atom is -0.481 e. The lowest BCUT2D eigenvalue weighted by Crippen LogP contribution is -2.46. The number of rotatable bonds is 9. The highest BCUT2D eigenvalue weighted by molar-refractivity contribution is 7.98. The van der Waals surface area contributed by atoms with Gasteiger partial charge in [-0.25, -0.2) is 5.48 Å². The van der Waals surface area contributed by atoms with Crippen molar-refractivity contribution in [1.82, 2.24) is 10.8 Å². The Morgan fingerprint density at radius 3 is 2.44 bits per heavy atom. The Bertz CT molecular complexity index is 298. The Morgan fingerprint density at radius 2 is 1.94 bits per heavy atom. The van der Waals surface area contributed by atoms with E-state index in [2.05, 4.69) is 5.32 Å². The first-order chi connectivity index (χ1) is 8.51. The Balaban J connectivity index is 4.09. The van der Waals surface area contributed by atoms with Gasteiger partial charge < -0.3 is 10.4 Å². The van der Waals surface area contributed by atoms with Crippen LogP contribution in [-0.2, 0) is 14.4 Å². The molecule has 0 fully saturated rings. The van der Waals surface area contributed by atoms with Gasteiger partial charge in [-0.05, 0) is 24.9 Å². The van der Waals surface area contributed by atoms with E-state index in [1.54, 1.807) is 0 Å². The number of aliphatic carboxylic acids is 1. The van der Waals surface area contributed by atoms with Gasteiger partial charge in [0, 0.05) is 12.8 Å². The van der Waals surface area contributed by atoms with Crippen molar-refractivity contribution in [3.63, 3.8) is 0 Å². The van der Waals surface area contributed by atoms with E-state index >= 15 is 0 Å². The summed E-state index contributed by atoms with van der Waals surface area (Å²) in [6, 6.07) is -0.792. The van der Waals surface area contributed by atoms with Gasteiger partial charge in [0.15, 0.2) is 0 Å². The molecular formula is C10H18N2O5S. The van der Waals surface area contributed by atoms with Crippen LogP contribution in [0.15, 0.2) is 0 Å². The first kappa shape index (κ1) is 16.7. The lowest BCUT2D eigenvalue weighted by atomic mass is 10.2. The molecule has 0 rings (SSSR count). The molecule has 0 saturated carbocycles. The van der Waals surface area contributed by atoms with Gasteiger partial charge in [-0.1, -0.05) is 0 Å². The van der Waals surface area contributed by atoms with Gasteiger partial charge in [-0.2, -0.15) is 11.8 Å². The van der Waals surface area contributed by atoms with Crippen molar-refractivity contribution in [2.75, 3.05) is 12.0 Å². The topological polar surface area (TPSA) is 116 Å². The first-order valence-electron chi connectivity index (χ1n) is 5.45. The fraction of sp³-hybridized carbons (Fsp3) is 0.700. The lowest BCUT2D eigenvalue weighted by Gasteiger charge is -2.16. The molecule has 2 amide bonds. The third kappa shape index (κ3) is 7.91. The Morgan fingerprint density at radius 1 is 1.28 bits per heavy atom. The molecule has 0 aliphatic rings. The number of carboxylic acids is 1. The minimum atomic E-state index is -0.963. The van der Waals surface area contributed by atoms with Gasteiger partial charge in [-0.3, -0.25) is 19.6 Å². The number of carbonyl (C=O) groups is 3. The van der Waals surface area contributed by atoms with E-state index in [0.717, 1.165) is 0 Å². The van der Waals surface area contributed by atoms with Gasteiger partial charge in [0.1, 0.15) is 6.04 Å². The second-order valence-electron chi connectivity index (χ2n) is 3.62. The van der Waals surface area contributed by atoms with E-state index in [4.69, 9.17) is 10.3 Å². The largest absolute Gasteiger partial charge is 0.481 e. The number of hydrogen-bond donors (Lipinski definition) is 4. The number of hydroxylamine groups is 1. The van der Waals surface area contributed by atoms with Crippen LogP contribution >= 0.6 is 11.8 Å². The highest BCUT2D eigenvalue weighted by atomic mass is 32.2. The molecule has 0 radical (unpaired) electrons. The van der Waals surface area contributed by atoms with Crippen molar-refractivity contribution in [1.29, 1.82) is 0 Å². The van der Waals surface area contributed by atoms with Crippen LogP contribution in [0, 0.1) is 0 Å². The summed E-state index contributed by atoms with van der Waals surface area (Å²) < 4.78 is 0. The van der Waals surface area contributed by atoms with Crippen LogP contribution in [0.1, 0.15) is 25.7 Å². The number of carbonyl (C=O) groups excluding carboxylic acids is 2. The summed E-state index contributed by atoms with van der Waals surface area (Å²) in [5.74, 6) is -1.37. The third-order valence-corrected chi connectivity index (χ3v) is 2.81. The number of nitrogens with one attached hydrogen (secondary N) is 2. The van der Waals surface area contributed by atoms with Crippen molar-refractivity contribution in [2.24, 2.45) is 0 Å². The molecule has 1 atom stereocenters. The van der Waals surface area contributed by atoms with Crippen LogP contribution in [0.5, 0.6) is 0 Å². The number of hydrogen-bond acceptors (Lipinski definition) is 5. The maximum absolute atomic E-state index is 11.4. The van der Waals surface area contributed by atoms with Crippen molar-refractivity contribution in [3.8, 4) is 0 Å². The summed E-state index contributed by atoms with van der Waals surface area (Å²) in [6.07, 6.45) is 2.44. The second-order valence-corrected chi connectivity index (χ2v) is 4.61. The van der Waals surface area contributed by atoms with E-state index < -0.39 is 23.8 Å². The average molecular weight is 278 g/mol. The van der Waals surface area contributed by atoms with Crippen LogP contribution in [0.4, 0.5) is 0 Å². The zero-order chi connectivity index (χ0) is 14.0. The van der Waals surface area contributed by atoms with Crippen LogP contribution in [0.25, 0.3) is 0 Å². The first-order valence-corrected chi connectivity index (χ1v) is 6.84. The Hall–Kier alpha value is -1.28. The predicted molar refractivity (Wildman–Crippen MR) is 66.3 cm³/mol. The van der Waals surface area contributed by atoms with Crippen LogP contribution in [-0.4, -0.2) is 46.1 Å². The van der Waals surface area contributed by atoms with E-state index in [0.29, 0.717) is 12.2 Å². The van der Waals surface area contributed by atoms with Gasteiger partial charge in [0.25, 0.3) is 5.91 Å². The molecule has 0 aromatic rings. The molecular weight excluding hydrogens is 260 g/mol. The maximum atomic E-state index is 11.4. The fourth-order valence-electron chi connectivity index (χ4n) is 1.25. The molecule has 0 saturated heterocycles. The standard InChI is InChI=1S/C10H18N2O5S/c1-18-6-5-7(10(16)12-17)11-8(13)3-2-4-9(14)15/h7,17H,2-6H2,1H3,(H,11,13)(H,12,16)(H,14,15). The summed E-state index contributed by atoms with van der Waals surface area (Å²) in [4.78, 5) is 33.0. The fourth-order valence-corrected chi connectivity index (χ4v) is 1.72. The SMILES string of the molecule is CSCCC(NC(=O)CCCC(=O)O)C(=O)NO. The van der Waals surface area contributed by atoms with Gasteiger partial charge in [0.2, 0.25) is 5.91 Å². The molecule has 104 valence electrons. The van der Waals surface area contributed by atoms with E-state index in [1.165, 1.54) is 17.2 Å².